The van der Waals surface area contributed by atoms with Crippen LogP contribution in [0.5, 0.6) is 0 Å². The highest BCUT2D eigenvalue weighted by Gasteiger charge is 2.67. The van der Waals surface area contributed by atoms with Gasteiger partial charge in [0.1, 0.15) is 5.60 Å². The zero-order valence-corrected chi connectivity index (χ0v) is 8.80. The zero-order chi connectivity index (χ0) is 9.97. The standard InChI is InChI=1S/C11H17NO2/c1-10(2)7-3-4-8(5-7)11(10)6-12-9(13)14-11/h7-8H,3-6H2,1-2H3,(H,12,13)/t7-,8-,11+/m1/s1. The van der Waals surface area contributed by atoms with E-state index < -0.39 is 0 Å². The molecule has 0 radical (unpaired) electrons. The maximum atomic E-state index is 11.2. The number of carbonyl (C=O) groups is 1. The lowest BCUT2D eigenvalue weighted by atomic mass is 9.65. The fraction of sp³-hybridized carbons (Fsp3) is 0.909. The minimum atomic E-state index is -0.217. The lowest BCUT2D eigenvalue weighted by Gasteiger charge is -2.44. The molecular formula is C11H17NO2. The number of nitrogens with one attached hydrogen (secondary N) is 1. The van der Waals surface area contributed by atoms with Gasteiger partial charge in [-0.25, -0.2) is 4.79 Å². The van der Waals surface area contributed by atoms with Gasteiger partial charge >= 0.3 is 6.09 Å². The summed E-state index contributed by atoms with van der Waals surface area (Å²) >= 11 is 0. The summed E-state index contributed by atoms with van der Waals surface area (Å²) in [6, 6.07) is 0. The van der Waals surface area contributed by atoms with Crippen LogP contribution in [0, 0.1) is 17.3 Å². The van der Waals surface area contributed by atoms with Crippen molar-refractivity contribution in [1.82, 2.24) is 5.32 Å². The summed E-state index contributed by atoms with van der Waals surface area (Å²) in [6.07, 6.45) is 3.59. The molecule has 2 aliphatic carbocycles. The van der Waals surface area contributed by atoms with Gasteiger partial charge in [-0.3, -0.25) is 0 Å². The van der Waals surface area contributed by atoms with E-state index in [1.807, 2.05) is 0 Å². The Morgan fingerprint density at radius 1 is 1.36 bits per heavy atom. The minimum Gasteiger partial charge on any atom is -0.440 e. The van der Waals surface area contributed by atoms with Crippen molar-refractivity contribution in [2.75, 3.05) is 6.54 Å². The Hall–Kier alpha value is -0.730. The van der Waals surface area contributed by atoms with Crippen LogP contribution < -0.4 is 5.32 Å². The molecule has 2 bridgehead atoms. The number of rotatable bonds is 0. The molecule has 1 saturated heterocycles. The van der Waals surface area contributed by atoms with Gasteiger partial charge in [0.05, 0.1) is 6.54 Å². The molecule has 3 rings (SSSR count). The van der Waals surface area contributed by atoms with Gasteiger partial charge in [-0.1, -0.05) is 13.8 Å². The molecule has 1 spiro atoms. The largest absolute Gasteiger partial charge is 0.440 e. The van der Waals surface area contributed by atoms with Crippen molar-refractivity contribution < 1.29 is 9.53 Å². The van der Waals surface area contributed by atoms with Crippen LogP contribution in [0.4, 0.5) is 4.79 Å². The van der Waals surface area contributed by atoms with Gasteiger partial charge in [-0.2, -0.15) is 0 Å². The Balaban J connectivity index is 2.02. The van der Waals surface area contributed by atoms with Gasteiger partial charge in [0, 0.05) is 11.3 Å². The van der Waals surface area contributed by atoms with E-state index in [2.05, 4.69) is 19.2 Å². The average Bonchev–Trinajstić information content (AvgIpc) is 2.72. The Morgan fingerprint density at radius 2 is 2.07 bits per heavy atom. The summed E-state index contributed by atoms with van der Waals surface area (Å²) in [5.41, 5.74) is -0.0257. The summed E-state index contributed by atoms with van der Waals surface area (Å²) < 4.78 is 5.61. The lowest BCUT2D eigenvalue weighted by molar-refractivity contribution is -0.0786. The Morgan fingerprint density at radius 3 is 2.57 bits per heavy atom. The van der Waals surface area contributed by atoms with Gasteiger partial charge in [0.2, 0.25) is 0 Å². The zero-order valence-electron chi connectivity index (χ0n) is 8.80. The van der Waals surface area contributed by atoms with Crippen LogP contribution in [0.3, 0.4) is 0 Å². The number of hydrogen-bond donors (Lipinski definition) is 1. The second-order valence-corrected chi connectivity index (χ2v) is 5.56. The van der Waals surface area contributed by atoms with Crippen molar-refractivity contribution in [3.05, 3.63) is 0 Å². The molecule has 3 nitrogen and oxygen atoms in total. The summed E-state index contributed by atoms with van der Waals surface area (Å²) in [6.45, 7) is 5.24. The maximum Gasteiger partial charge on any atom is 0.407 e. The van der Waals surface area contributed by atoms with Crippen molar-refractivity contribution in [3.8, 4) is 0 Å². The van der Waals surface area contributed by atoms with Crippen LogP contribution >= 0.6 is 0 Å². The number of amides is 1. The third-order valence-electron chi connectivity index (χ3n) is 4.97. The van der Waals surface area contributed by atoms with Gasteiger partial charge < -0.3 is 10.1 Å². The van der Waals surface area contributed by atoms with Crippen LogP contribution in [-0.4, -0.2) is 18.2 Å². The van der Waals surface area contributed by atoms with E-state index in [-0.39, 0.29) is 17.1 Å². The second kappa shape index (κ2) is 2.26. The first-order chi connectivity index (χ1) is 6.56. The molecule has 1 N–H and O–H groups in total. The van der Waals surface area contributed by atoms with Crippen molar-refractivity contribution >= 4 is 6.09 Å². The quantitative estimate of drug-likeness (QED) is 0.641. The van der Waals surface area contributed by atoms with Crippen LogP contribution in [-0.2, 0) is 4.74 Å². The molecule has 1 aliphatic heterocycles. The molecule has 3 heteroatoms. The van der Waals surface area contributed by atoms with E-state index in [1.54, 1.807) is 0 Å². The lowest BCUT2D eigenvalue weighted by Crippen LogP contribution is -2.52. The second-order valence-electron chi connectivity index (χ2n) is 5.56. The van der Waals surface area contributed by atoms with Crippen LogP contribution in [0.25, 0.3) is 0 Å². The first kappa shape index (κ1) is 8.57. The highest BCUT2D eigenvalue weighted by Crippen LogP contribution is 2.63. The van der Waals surface area contributed by atoms with Crippen molar-refractivity contribution in [2.24, 2.45) is 17.3 Å². The van der Waals surface area contributed by atoms with Gasteiger partial charge in [-0.15, -0.1) is 0 Å². The summed E-state index contributed by atoms with van der Waals surface area (Å²) in [5, 5.41) is 2.83. The monoisotopic (exact) mass is 195 g/mol. The first-order valence-electron chi connectivity index (χ1n) is 5.53. The normalized spacial score (nSPS) is 48.3. The van der Waals surface area contributed by atoms with Crippen molar-refractivity contribution in [3.63, 3.8) is 0 Å². The fourth-order valence-electron chi connectivity index (χ4n) is 3.96. The summed E-state index contributed by atoms with van der Waals surface area (Å²) in [7, 11) is 0. The van der Waals surface area contributed by atoms with Crippen LogP contribution in [0.15, 0.2) is 0 Å². The molecule has 3 atom stereocenters. The molecule has 2 saturated carbocycles. The summed E-state index contributed by atoms with van der Waals surface area (Å²) in [5.74, 6) is 1.35. The molecule has 3 fully saturated rings. The van der Waals surface area contributed by atoms with E-state index in [0.717, 1.165) is 12.5 Å². The van der Waals surface area contributed by atoms with Crippen LogP contribution in [0.2, 0.25) is 0 Å². The molecule has 14 heavy (non-hydrogen) atoms. The van der Waals surface area contributed by atoms with Gasteiger partial charge in [0.15, 0.2) is 0 Å². The molecule has 1 heterocycles. The topological polar surface area (TPSA) is 38.3 Å². The third-order valence-corrected chi connectivity index (χ3v) is 4.97. The number of carbonyl (C=O) groups excluding carboxylic acids is 1. The Labute approximate surface area is 84.2 Å². The van der Waals surface area contributed by atoms with E-state index in [9.17, 15) is 4.79 Å². The molecule has 78 valence electrons. The molecule has 0 aromatic carbocycles. The Bertz CT molecular complexity index is 300. The first-order valence-corrected chi connectivity index (χ1v) is 5.53. The number of ether oxygens (including phenoxy) is 1. The average molecular weight is 195 g/mol. The fourth-order valence-corrected chi connectivity index (χ4v) is 3.96. The molecule has 0 aromatic rings. The van der Waals surface area contributed by atoms with Gasteiger partial charge in [0.25, 0.3) is 0 Å². The highest BCUT2D eigenvalue weighted by atomic mass is 16.6. The van der Waals surface area contributed by atoms with E-state index in [1.165, 1.54) is 19.3 Å². The molecule has 0 unspecified atom stereocenters. The SMILES string of the molecule is CC1(C)[C@@H]2CC[C@H](C2)[C@@]12CNC(=O)O2. The third kappa shape index (κ3) is 0.733. The molecule has 1 amide bonds. The van der Waals surface area contributed by atoms with E-state index in [4.69, 9.17) is 4.74 Å². The molecular weight excluding hydrogens is 178 g/mol. The minimum absolute atomic E-state index is 0.162. The van der Waals surface area contributed by atoms with E-state index >= 15 is 0 Å². The van der Waals surface area contributed by atoms with Crippen LogP contribution in [0.1, 0.15) is 33.1 Å². The number of alkyl carbamates (subject to hydrolysis) is 1. The predicted octanol–water partition coefficient (Wildman–Crippen LogP) is 1.92. The smallest absolute Gasteiger partial charge is 0.407 e. The van der Waals surface area contributed by atoms with Gasteiger partial charge in [-0.05, 0) is 25.2 Å². The molecule has 3 aliphatic rings. The van der Waals surface area contributed by atoms with Crippen molar-refractivity contribution in [2.45, 2.75) is 38.7 Å². The van der Waals surface area contributed by atoms with Crippen molar-refractivity contribution in [1.29, 1.82) is 0 Å². The Kier molecular flexibility index (Phi) is 1.38. The highest BCUT2D eigenvalue weighted by molar-refractivity contribution is 5.70. The number of hydrogen-bond acceptors (Lipinski definition) is 2. The van der Waals surface area contributed by atoms with E-state index in [0.29, 0.717) is 5.92 Å². The number of fused-ring (bicyclic) bond motifs is 3. The predicted molar refractivity (Wildman–Crippen MR) is 51.8 cm³/mol. The summed E-state index contributed by atoms with van der Waals surface area (Å²) in [4.78, 5) is 11.2. The molecule has 0 aromatic heterocycles. The maximum absolute atomic E-state index is 11.2.